The SMILES string of the molecule is CC(C)(C)c1cc(F)c2c(c1)C(=O)c1cc3cc4c(cc3nc1CO2)OCO4. The molecule has 3 aromatic rings. The van der Waals surface area contributed by atoms with Crippen molar-refractivity contribution in [3.63, 3.8) is 0 Å². The van der Waals surface area contributed by atoms with E-state index in [4.69, 9.17) is 14.2 Å². The predicted octanol–water partition coefficient (Wildman–Crippen LogP) is 4.52. The molecule has 0 bridgehead atoms. The van der Waals surface area contributed by atoms with Crippen LogP contribution in [0.3, 0.4) is 0 Å². The number of fused-ring (bicyclic) bond motifs is 4. The largest absolute Gasteiger partial charge is 0.483 e. The minimum Gasteiger partial charge on any atom is -0.483 e. The molecule has 0 saturated heterocycles. The van der Waals surface area contributed by atoms with Crippen LogP contribution in [0.4, 0.5) is 4.39 Å². The summed E-state index contributed by atoms with van der Waals surface area (Å²) in [6, 6.07) is 8.50. The molecule has 5 nitrogen and oxygen atoms in total. The summed E-state index contributed by atoms with van der Waals surface area (Å²) in [6.07, 6.45) is 0. The Labute approximate surface area is 161 Å². The van der Waals surface area contributed by atoms with Gasteiger partial charge in [0.15, 0.2) is 28.8 Å². The van der Waals surface area contributed by atoms with Crippen molar-refractivity contribution in [1.29, 1.82) is 0 Å². The zero-order chi connectivity index (χ0) is 19.6. The highest BCUT2D eigenvalue weighted by Gasteiger charge is 2.29. The quantitative estimate of drug-likeness (QED) is 0.575. The fourth-order valence-corrected chi connectivity index (χ4v) is 3.54. The van der Waals surface area contributed by atoms with E-state index in [1.165, 1.54) is 6.07 Å². The molecule has 2 aliphatic rings. The molecule has 0 unspecified atom stereocenters. The van der Waals surface area contributed by atoms with Crippen LogP contribution >= 0.6 is 0 Å². The van der Waals surface area contributed by atoms with Crippen LogP contribution in [-0.2, 0) is 12.0 Å². The first kappa shape index (κ1) is 17.0. The van der Waals surface area contributed by atoms with E-state index in [1.807, 2.05) is 20.8 Å². The van der Waals surface area contributed by atoms with Crippen LogP contribution in [0.1, 0.15) is 48.0 Å². The molecule has 0 radical (unpaired) electrons. The van der Waals surface area contributed by atoms with Crippen molar-refractivity contribution in [3.05, 3.63) is 58.5 Å². The highest BCUT2D eigenvalue weighted by atomic mass is 19.1. The van der Waals surface area contributed by atoms with E-state index >= 15 is 0 Å². The van der Waals surface area contributed by atoms with Crippen molar-refractivity contribution >= 4 is 16.7 Å². The Morgan fingerprint density at radius 2 is 1.71 bits per heavy atom. The van der Waals surface area contributed by atoms with E-state index in [2.05, 4.69) is 4.98 Å². The fourth-order valence-electron chi connectivity index (χ4n) is 3.54. The number of carbonyl (C=O) groups excluding carboxylic acids is 1. The summed E-state index contributed by atoms with van der Waals surface area (Å²) >= 11 is 0. The number of halogens is 1. The van der Waals surface area contributed by atoms with Gasteiger partial charge < -0.3 is 14.2 Å². The molecule has 0 amide bonds. The van der Waals surface area contributed by atoms with Gasteiger partial charge >= 0.3 is 0 Å². The van der Waals surface area contributed by atoms with E-state index in [9.17, 15) is 9.18 Å². The van der Waals surface area contributed by atoms with Crippen molar-refractivity contribution in [1.82, 2.24) is 4.98 Å². The number of ketones is 1. The van der Waals surface area contributed by atoms with E-state index in [-0.39, 0.29) is 35.9 Å². The normalized spacial score (nSPS) is 15.1. The van der Waals surface area contributed by atoms with Crippen LogP contribution in [0, 0.1) is 5.82 Å². The number of pyridine rings is 1. The Kier molecular flexibility index (Phi) is 3.44. The van der Waals surface area contributed by atoms with Gasteiger partial charge in [-0.05, 0) is 35.2 Å². The van der Waals surface area contributed by atoms with Crippen LogP contribution in [0.15, 0.2) is 30.3 Å². The number of nitrogens with zero attached hydrogens (tertiary/aromatic N) is 1. The summed E-state index contributed by atoms with van der Waals surface area (Å²) in [5, 5.41) is 0.757. The molecule has 142 valence electrons. The summed E-state index contributed by atoms with van der Waals surface area (Å²) < 4.78 is 31.2. The second-order valence-corrected chi connectivity index (χ2v) is 8.08. The minimum atomic E-state index is -0.533. The van der Waals surface area contributed by atoms with Gasteiger partial charge in [0.1, 0.15) is 6.61 Å². The molecule has 1 aromatic heterocycles. The van der Waals surface area contributed by atoms with Gasteiger partial charge in [0.2, 0.25) is 6.79 Å². The lowest BCUT2D eigenvalue weighted by Crippen LogP contribution is -2.14. The molecular formula is C22H18FNO4. The van der Waals surface area contributed by atoms with Crippen LogP contribution in [0.2, 0.25) is 0 Å². The van der Waals surface area contributed by atoms with Gasteiger partial charge in [0, 0.05) is 17.0 Å². The molecule has 6 heteroatoms. The third-order valence-electron chi connectivity index (χ3n) is 5.14. The van der Waals surface area contributed by atoms with Crippen LogP contribution in [0.5, 0.6) is 17.2 Å². The van der Waals surface area contributed by atoms with Crippen LogP contribution in [0.25, 0.3) is 10.9 Å². The molecule has 2 aromatic carbocycles. The lowest BCUT2D eigenvalue weighted by molar-refractivity contribution is 0.103. The molecule has 28 heavy (non-hydrogen) atoms. The number of benzene rings is 2. The van der Waals surface area contributed by atoms with Gasteiger partial charge in [-0.2, -0.15) is 0 Å². The number of hydrogen-bond donors (Lipinski definition) is 0. The van der Waals surface area contributed by atoms with E-state index < -0.39 is 5.82 Å². The average Bonchev–Trinajstić information content (AvgIpc) is 3.04. The summed E-state index contributed by atoms with van der Waals surface area (Å²) in [5.74, 6) is 0.390. The number of rotatable bonds is 0. The van der Waals surface area contributed by atoms with E-state index in [0.29, 0.717) is 28.3 Å². The molecular weight excluding hydrogens is 361 g/mol. The van der Waals surface area contributed by atoms with E-state index in [0.717, 1.165) is 10.9 Å². The fraction of sp³-hybridized carbons (Fsp3) is 0.273. The third kappa shape index (κ3) is 2.52. The second-order valence-electron chi connectivity index (χ2n) is 8.08. The van der Waals surface area contributed by atoms with E-state index in [1.54, 1.807) is 24.3 Å². The molecule has 5 rings (SSSR count). The lowest BCUT2D eigenvalue weighted by atomic mass is 9.85. The zero-order valence-corrected chi connectivity index (χ0v) is 15.8. The highest BCUT2D eigenvalue weighted by Crippen LogP contribution is 2.38. The van der Waals surface area contributed by atoms with Crippen molar-refractivity contribution in [2.24, 2.45) is 0 Å². The van der Waals surface area contributed by atoms with Gasteiger partial charge in [-0.1, -0.05) is 20.8 Å². The van der Waals surface area contributed by atoms with Gasteiger partial charge in [-0.25, -0.2) is 9.37 Å². The molecule has 0 fully saturated rings. The van der Waals surface area contributed by atoms with Gasteiger partial charge in [-0.3, -0.25) is 4.79 Å². The van der Waals surface area contributed by atoms with Crippen LogP contribution < -0.4 is 14.2 Å². The Morgan fingerprint density at radius 3 is 2.46 bits per heavy atom. The molecule has 0 aliphatic carbocycles. The second kappa shape index (κ2) is 5.67. The van der Waals surface area contributed by atoms with Crippen molar-refractivity contribution in [2.75, 3.05) is 6.79 Å². The molecule has 0 N–H and O–H groups in total. The maximum atomic E-state index is 14.7. The monoisotopic (exact) mass is 379 g/mol. The maximum Gasteiger partial charge on any atom is 0.231 e. The Balaban J connectivity index is 1.70. The van der Waals surface area contributed by atoms with Crippen LogP contribution in [-0.4, -0.2) is 17.6 Å². The predicted molar refractivity (Wildman–Crippen MR) is 101 cm³/mol. The summed E-state index contributed by atoms with van der Waals surface area (Å²) in [7, 11) is 0. The smallest absolute Gasteiger partial charge is 0.231 e. The molecule has 0 saturated carbocycles. The molecule has 0 spiro atoms. The summed E-state index contributed by atoms with van der Waals surface area (Å²) in [6.45, 7) is 6.10. The molecule has 3 heterocycles. The highest BCUT2D eigenvalue weighted by molar-refractivity contribution is 6.13. The standard InChI is InChI=1S/C22H18FNO4/c1-22(2,3)12-6-14-20(25)13-4-11-5-18-19(28-10-27-18)8-16(11)24-17(13)9-26-21(14)15(23)7-12/h4-8H,9-10H2,1-3H3. The molecule has 0 atom stereocenters. The first-order valence-electron chi connectivity index (χ1n) is 9.06. The van der Waals surface area contributed by atoms with Crippen molar-refractivity contribution in [3.8, 4) is 17.2 Å². The lowest BCUT2D eigenvalue weighted by Gasteiger charge is -2.21. The number of ether oxygens (including phenoxy) is 3. The number of aromatic nitrogens is 1. The minimum absolute atomic E-state index is 0.0181. The maximum absolute atomic E-state index is 14.7. The first-order valence-corrected chi connectivity index (χ1v) is 9.06. The zero-order valence-electron chi connectivity index (χ0n) is 15.8. The number of hydrogen-bond acceptors (Lipinski definition) is 5. The Hall–Kier alpha value is -3.15. The molecule has 2 aliphatic heterocycles. The van der Waals surface area contributed by atoms with Gasteiger partial charge in [0.25, 0.3) is 0 Å². The topological polar surface area (TPSA) is 57.7 Å². The third-order valence-corrected chi connectivity index (χ3v) is 5.14. The first-order chi connectivity index (χ1) is 13.3. The summed E-state index contributed by atoms with van der Waals surface area (Å²) in [4.78, 5) is 17.9. The van der Waals surface area contributed by atoms with Gasteiger partial charge in [0.05, 0.1) is 16.8 Å². The summed E-state index contributed by atoms with van der Waals surface area (Å²) in [5.41, 5.74) is 2.22. The average molecular weight is 379 g/mol. The Morgan fingerprint density at radius 1 is 0.964 bits per heavy atom. The Bertz CT molecular complexity index is 1160. The van der Waals surface area contributed by atoms with Crippen molar-refractivity contribution in [2.45, 2.75) is 32.8 Å². The van der Waals surface area contributed by atoms with Crippen molar-refractivity contribution < 1.29 is 23.4 Å². The number of carbonyl (C=O) groups is 1. The van der Waals surface area contributed by atoms with Gasteiger partial charge in [-0.15, -0.1) is 0 Å².